The number of carbonyl (C=O) groups is 2. The van der Waals surface area contributed by atoms with Crippen molar-refractivity contribution in [1.29, 1.82) is 0 Å². The van der Waals surface area contributed by atoms with Crippen molar-refractivity contribution in [3.63, 3.8) is 0 Å². The van der Waals surface area contributed by atoms with Crippen molar-refractivity contribution < 1.29 is 14.3 Å². The molecule has 2 aliphatic rings. The Morgan fingerprint density at radius 3 is 2.19 bits per heavy atom. The Labute approximate surface area is 212 Å². The number of likely N-dealkylation sites (tertiary alicyclic amines) is 1. The molecule has 6 nitrogen and oxygen atoms in total. The lowest BCUT2D eigenvalue weighted by Gasteiger charge is -2.41. The molecular formula is C30H33N3O3. The van der Waals surface area contributed by atoms with Gasteiger partial charge in [0, 0.05) is 52.4 Å². The molecule has 2 aliphatic heterocycles. The van der Waals surface area contributed by atoms with Gasteiger partial charge in [-0.2, -0.15) is 0 Å². The van der Waals surface area contributed by atoms with Crippen LogP contribution in [0.15, 0.2) is 78.9 Å². The summed E-state index contributed by atoms with van der Waals surface area (Å²) in [5, 5.41) is 2.61. The molecular weight excluding hydrogens is 450 g/mol. The first-order valence-corrected chi connectivity index (χ1v) is 12.7. The fourth-order valence-electron chi connectivity index (χ4n) is 5.19. The molecule has 186 valence electrons. The molecule has 1 N–H and O–H groups in total. The van der Waals surface area contributed by atoms with Gasteiger partial charge in [-0.15, -0.1) is 0 Å². The second-order valence-corrected chi connectivity index (χ2v) is 9.78. The summed E-state index contributed by atoms with van der Waals surface area (Å²) in [6.07, 6.45) is 2.47. The van der Waals surface area contributed by atoms with E-state index in [1.165, 1.54) is 23.6 Å². The first-order chi connectivity index (χ1) is 17.5. The van der Waals surface area contributed by atoms with Gasteiger partial charge in [-0.05, 0) is 28.8 Å². The van der Waals surface area contributed by atoms with Crippen molar-refractivity contribution in [2.45, 2.75) is 38.3 Å². The maximum Gasteiger partial charge on any atom is 0.241 e. The minimum atomic E-state index is -0.285. The topological polar surface area (TPSA) is 61.9 Å². The van der Waals surface area contributed by atoms with E-state index in [0.29, 0.717) is 13.1 Å². The number of amides is 2. The van der Waals surface area contributed by atoms with E-state index in [9.17, 15) is 9.59 Å². The van der Waals surface area contributed by atoms with Gasteiger partial charge in [-0.1, -0.05) is 66.7 Å². The third-order valence-corrected chi connectivity index (χ3v) is 7.32. The van der Waals surface area contributed by atoms with E-state index in [2.05, 4.69) is 76.9 Å². The van der Waals surface area contributed by atoms with Crippen LogP contribution in [-0.2, 0) is 16.1 Å². The van der Waals surface area contributed by atoms with E-state index in [1.807, 2.05) is 17.0 Å². The fraction of sp³-hybridized carbons (Fsp3) is 0.333. The predicted molar refractivity (Wildman–Crippen MR) is 142 cm³/mol. The van der Waals surface area contributed by atoms with Gasteiger partial charge in [0.05, 0.1) is 12.2 Å². The summed E-state index contributed by atoms with van der Waals surface area (Å²) in [6, 6.07) is 27.5. The van der Waals surface area contributed by atoms with Crippen LogP contribution in [0.4, 0.5) is 5.69 Å². The summed E-state index contributed by atoms with van der Waals surface area (Å²) in [7, 11) is 0. The van der Waals surface area contributed by atoms with E-state index in [-0.39, 0.29) is 24.0 Å². The average molecular weight is 484 g/mol. The number of anilines is 1. The number of nitrogens with one attached hydrogen (secondary N) is 1. The van der Waals surface area contributed by atoms with Gasteiger partial charge in [0.2, 0.25) is 11.8 Å². The molecule has 6 heteroatoms. The van der Waals surface area contributed by atoms with Crippen molar-refractivity contribution in [2.75, 3.05) is 31.1 Å². The van der Waals surface area contributed by atoms with Crippen LogP contribution in [-0.4, -0.2) is 48.5 Å². The van der Waals surface area contributed by atoms with Crippen LogP contribution in [0.25, 0.3) is 11.1 Å². The Morgan fingerprint density at radius 1 is 0.833 bits per heavy atom. The van der Waals surface area contributed by atoms with E-state index in [4.69, 9.17) is 4.74 Å². The Hall–Kier alpha value is -3.80. The van der Waals surface area contributed by atoms with Crippen LogP contribution < -0.4 is 15.0 Å². The monoisotopic (exact) mass is 483 g/mol. The summed E-state index contributed by atoms with van der Waals surface area (Å²) in [6.45, 7) is 4.47. The predicted octanol–water partition coefficient (Wildman–Crippen LogP) is 4.64. The Kier molecular flexibility index (Phi) is 6.94. The van der Waals surface area contributed by atoms with E-state index < -0.39 is 0 Å². The van der Waals surface area contributed by atoms with E-state index in [0.717, 1.165) is 43.8 Å². The highest BCUT2D eigenvalue weighted by molar-refractivity contribution is 5.83. The Morgan fingerprint density at radius 2 is 1.47 bits per heavy atom. The van der Waals surface area contributed by atoms with Crippen LogP contribution in [0.1, 0.15) is 31.7 Å². The van der Waals surface area contributed by atoms with Crippen LogP contribution in [0.3, 0.4) is 0 Å². The average Bonchev–Trinajstić information content (AvgIpc) is 3.05. The highest BCUT2D eigenvalue weighted by Crippen LogP contribution is 2.41. The van der Waals surface area contributed by atoms with Crippen molar-refractivity contribution in [2.24, 2.45) is 0 Å². The minimum absolute atomic E-state index is 0.0327. The molecule has 1 fully saturated rings. The third kappa shape index (κ3) is 5.38. The zero-order valence-corrected chi connectivity index (χ0v) is 20.8. The third-order valence-electron chi connectivity index (χ3n) is 7.32. The molecule has 3 aromatic rings. The summed E-state index contributed by atoms with van der Waals surface area (Å²) >= 11 is 0. The van der Waals surface area contributed by atoms with Crippen molar-refractivity contribution in [3.05, 3.63) is 84.4 Å². The Balaban J connectivity index is 1.28. The second-order valence-electron chi connectivity index (χ2n) is 9.78. The van der Waals surface area contributed by atoms with Crippen LogP contribution >= 0.6 is 0 Å². The molecule has 0 unspecified atom stereocenters. The molecule has 36 heavy (non-hydrogen) atoms. The van der Waals surface area contributed by atoms with Gasteiger partial charge in [0.1, 0.15) is 11.4 Å². The SMILES string of the molecule is CC(=O)NCC(=O)N1CCC2(CC1)CCN(Cc1ccc(-c3ccccc3)cc1)c1ccccc1O2. The zero-order chi connectivity index (χ0) is 25.0. The van der Waals surface area contributed by atoms with Crippen molar-refractivity contribution in [1.82, 2.24) is 10.2 Å². The van der Waals surface area contributed by atoms with Gasteiger partial charge in [0.25, 0.3) is 0 Å². The molecule has 0 bridgehead atoms. The first-order valence-electron chi connectivity index (χ1n) is 12.7. The molecule has 0 atom stereocenters. The normalized spacial score (nSPS) is 16.6. The molecule has 0 radical (unpaired) electrons. The standard InChI is InChI=1S/C30H33N3O3/c1-23(34)31-21-29(35)32-18-15-30(16-19-32)17-20-33(27-9-5-6-10-28(27)36-30)22-24-11-13-26(14-12-24)25-7-3-2-4-8-25/h2-14H,15-22H2,1H3,(H,31,34). The second kappa shape index (κ2) is 10.4. The number of nitrogens with zero attached hydrogens (tertiary/aromatic N) is 2. The number of fused-ring (bicyclic) bond motifs is 1. The van der Waals surface area contributed by atoms with Crippen LogP contribution in [0.2, 0.25) is 0 Å². The largest absolute Gasteiger partial charge is 0.485 e. The maximum atomic E-state index is 12.5. The number of rotatable bonds is 5. The lowest BCUT2D eigenvalue weighted by atomic mass is 9.87. The van der Waals surface area contributed by atoms with Crippen LogP contribution in [0.5, 0.6) is 5.75 Å². The molecule has 0 saturated carbocycles. The van der Waals surface area contributed by atoms with Crippen LogP contribution in [0, 0.1) is 0 Å². The fourth-order valence-corrected chi connectivity index (χ4v) is 5.19. The summed E-state index contributed by atoms with van der Waals surface area (Å²) in [5.74, 6) is 0.693. The van der Waals surface area contributed by atoms with Gasteiger partial charge in [0.15, 0.2) is 0 Å². The highest BCUT2D eigenvalue weighted by Gasteiger charge is 2.40. The minimum Gasteiger partial charge on any atom is -0.485 e. The Bertz CT molecular complexity index is 1200. The van der Waals surface area contributed by atoms with E-state index in [1.54, 1.807) is 0 Å². The molecule has 2 heterocycles. The lowest BCUT2D eigenvalue weighted by molar-refractivity contribution is -0.135. The first kappa shape index (κ1) is 23.9. The molecule has 0 aromatic heterocycles. The molecule has 3 aromatic carbocycles. The molecule has 0 aliphatic carbocycles. The molecule has 5 rings (SSSR count). The van der Waals surface area contributed by atoms with Gasteiger partial charge in [-0.25, -0.2) is 0 Å². The molecule has 2 amide bonds. The lowest BCUT2D eigenvalue weighted by Crippen LogP contribution is -2.52. The van der Waals surface area contributed by atoms with E-state index >= 15 is 0 Å². The summed E-state index contributed by atoms with van der Waals surface area (Å²) in [4.78, 5) is 27.9. The zero-order valence-electron chi connectivity index (χ0n) is 20.8. The number of hydrogen-bond acceptors (Lipinski definition) is 4. The maximum absolute atomic E-state index is 12.5. The number of piperidine rings is 1. The number of ether oxygens (including phenoxy) is 1. The highest BCUT2D eigenvalue weighted by atomic mass is 16.5. The molecule has 1 saturated heterocycles. The number of carbonyl (C=O) groups excluding carboxylic acids is 2. The summed E-state index contributed by atoms with van der Waals surface area (Å²) < 4.78 is 6.71. The van der Waals surface area contributed by atoms with Gasteiger partial charge >= 0.3 is 0 Å². The number of para-hydroxylation sites is 2. The number of benzene rings is 3. The van der Waals surface area contributed by atoms with Gasteiger partial charge < -0.3 is 19.9 Å². The van der Waals surface area contributed by atoms with Gasteiger partial charge in [-0.3, -0.25) is 9.59 Å². The smallest absolute Gasteiger partial charge is 0.241 e. The quantitative estimate of drug-likeness (QED) is 0.574. The van der Waals surface area contributed by atoms with Crippen molar-refractivity contribution in [3.8, 4) is 16.9 Å². The summed E-state index contributed by atoms with van der Waals surface area (Å²) in [5.41, 5.74) is 4.54. The van der Waals surface area contributed by atoms with Crippen molar-refractivity contribution >= 4 is 17.5 Å². The number of hydrogen-bond donors (Lipinski definition) is 1. The molecule has 1 spiro atoms.